The molecule has 0 unspecified atom stereocenters. The predicted molar refractivity (Wildman–Crippen MR) is 93.1 cm³/mol. The van der Waals surface area contributed by atoms with Gasteiger partial charge in [-0.1, -0.05) is 18.2 Å². The number of ether oxygens (including phenoxy) is 2. The van der Waals surface area contributed by atoms with Gasteiger partial charge in [-0.25, -0.2) is 4.79 Å². The Hall–Kier alpha value is -1.75. The normalized spacial score (nSPS) is 17.7. The first-order valence-corrected chi connectivity index (χ1v) is 8.57. The fraction of sp³-hybridized carbons (Fsp3) is 0.632. The summed E-state index contributed by atoms with van der Waals surface area (Å²) in [7, 11) is 0. The second-order valence-corrected chi connectivity index (χ2v) is 7.66. The van der Waals surface area contributed by atoms with Gasteiger partial charge in [-0.15, -0.1) is 0 Å². The third kappa shape index (κ3) is 4.63. The van der Waals surface area contributed by atoms with E-state index in [9.17, 15) is 9.90 Å². The van der Waals surface area contributed by atoms with Crippen molar-refractivity contribution in [3.05, 3.63) is 29.8 Å². The number of para-hydroxylation sites is 1. The van der Waals surface area contributed by atoms with Crippen molar-refractivity contribution < 1.29 is 19.4 Å². The molecule has 1 aliphatic rings. The van der Waals surface area contributed by atoms with Gasteiger partial charge in [-0.3, -0.25) is 0 Å². The first-order valence-electron chi connectivity index (χ1n) is 8.57. The van der Waals surface area contributed by atoms with E-state index in [1.54, 1.807) is 4.90 Å². The zero-order valence-electron chi connectivity index (χ0n) is 15.3. The molecule has 1 amide bonds. The maximum atomic E-state index is 12.2. The van der Waals surface area contributed by atoms with E-state index in [0.29, 0.717) is 31.7 Å². The first kappa shape index (κ1) is 18.6. The highest BCUT2D eigenvalue weighted by atomic mass is 16.6. The molecule has 0 atom stereocenters. The van der Waals surface area contributed by atoms with Crippen molar-refractivity contribution in [1.29, 1.82) is 0 Å². The molecule has 1 aromatic carbocycles. The molecule has 5 heteroatoms. The van der Waals surface area contributed by atoms with Crippen molar-refractivity contribution in [2.45, 2.75) is 64.8 Å². The van der Waals surface area contributed by atoms with Crippen LogP contribution in [-0.4, -0.2) is 40.9 Å². The minimum Gasteiger partial charge on any atom is -0.491 e. The Kier molecular flexibility index (Phi) is 5.43. The Morgan fingerprint density at radius 2 is 1.79 bits per heavy atom. The molecule has 2 rings (SSSR count). The minimum atomic E-state index is -0.982. The Bertz CT molecular complexity index is 569. The van der Waals surface area contributed by atoms with E-state index < -0.39 is 11.2 Å². The van der Waals surface area contributed by atoms with Crippen molar-refractivity contribution in [3.63, 3.8) is 0 Å². The number of likely N-dealkylation sites (tertiary alicyclic amines) is 1. The van der Waals surface area contributed by atoms with Crippen LogP contribution in [0.5, 0.6) is 5.75 Å². The molecule has 0 aliphatic carbocycles. The molecule has 1 saturated heterocycles. The zero-order valence-corrected chi connectivity index (χ0v) is 15.3. The molecule has 0 saturated carbocycles. The fourth-order valence-electron chi connectivity index (χ4n) is 2.86. The van der Waals surface area contributed by atoms with E-state index in [1.165, 1.54) is 0 Å². The van der Waals surface area contributed by atoms with Crippen molar-refractivity contribution in [3.8, 4) is 5.75 Å². The van der Waals surface area contributed by atoms with Gasteiger partial charge in [0, 0.05) is 18.7 Å². The maximum Gasteiger partial charge on any atom is 0.410 e. The lowest BCUT2D eigenvalue weighted by atomic mass is 9.84. The van der Waals surface area contributed by atoms with Gasteiger partial charge in [0.05, 0.1) is 11.7 Å². The van der Waals surface area contributed by atoms with Gasteiger partial charge < -0.3 is 19.5 Å². The second kappa shape index (κ2) is 7.01. The Balaban J connectivity index is 2.09. The van der Waals surface area contributed by atoms with Crippen LogP contribution in [0.2, 0.25) is 0 Å². The molecule has 1 heterocycles. The maximum absolute atomic E-state index is 12.2. The van der Waals surface area contributed by atoms with Crippen LogP contribution < -0.4 is 4.74 Å². The van der Waals surface area contributed by atoms with Crippen LogP contribution in [0.3, 0.4) is 0 Å². The van der Waals surface area contributed by atoms with Crippen LogP contribution in [0.15, 0.2) is 24.3 Å². The number of rotatable bonds is 3. The third-order valence-electron chi connectivity index (χ3n) is 3.99. The highest BCUT2D eigenvalue weighted by Crippen LogP contribution is 2.38. The lowest BCUT2D eigenvalue weighted by molar-refractivity contribution is -0.0372. The molecule has 0 aromatic heterocycles. The summed E-state index contributed by atoms with van der Waals surface area (Å²) in [5.74, 6) is 0.709. The summed E-state index contributed by atoms with van der Waals surface area (Å²) in [4.78, 5) is 13.8. The van der Waals surface area contributed by atoms with E-state index in [-0.39, 0.29) is 12.2 Å². The monoisotopic (exact) mass is 335 g/mol. The third-order valence-corrected chi connectivity index (χ3v) is 3.99. The molecule has 5 nitrogen and oxygen atoms in total. The number of piperidine rings is 1. The quantitative estimate of drug-likeness (QED) is 0.915. The number of nitrogens with zero attached hydrogens (tertiary/aromatic N) is 1. The molecule has 0 bridgehead atoms. The van der Waals surface area contributed by atoms with Crippen LogP contribution in [0.25, 0.3) is 0 Å². The van der Waals surface area contributed by atoms with Crippen LogP contribution >= 0.6 is 0 Å². The van der Waals surface area contributed by atoms with Crippen molar-refractivity contribution in [2.24, 2.45) is 0 Å². The minimum absolute atomic E-state index is 0.0385. The summed E-state index contributed by atoms with van der Waals surface area (Å²) in [6.45, 7) is 10.4. The molecule has 1 N–H and O–H groups in total. The number of hydrogen-bond acceptors (Lipinski definition) is 4. The summed E-state index contributed by atoms with van der Waals surface area (Å²) in [6, 6.07) is 7.59. The van der Waals surface area contributed by atoms with E-state index in [2.05, 4.69) is 0 Å². The lowest BCUT2D eigenvalue weighted by Crippen LogP contribution is -2.47. The zero-order chi connectivity index (χ0) is 18.0. The predicted octanol–water partition coefficient (Wildman–Crippen LogP) is 3.69. The molecule has 24 heavy (non-hydrogen) atoms. The molecule has 0 spiro atoms. The molecule has 1 aliphatic heterocycles. The first-order chi connectivity index (χ1) is 11.1. The molecule has 1 fully saturated rings. The van der Waals surface area contributed by atoms with E-state index in [1.807, 2.05) is 58.9 Å². The number of carbonyl (C=O) groups is 1. The van der Waals surface area contributed by atoms with Crippen molar-refractivity contribution in [1.82, 2.24) is 4.90 Å². The van der Waals surface area contributed by atoms with Gasteiger partial charge in [0.25, 0.3) is 0 Å². The fourth-order valence-corrected chi connectivity index (χ4v) is 2.86. The van der Waals surface area contributed by atoms with Gasteiger partial charge in [-0.2, -0.15) is 0 Å². The standard InChI is InChI=1S/C19H29NO4/c1-14(2)23-16-9-7-6-8-15(16)19(22)10-12-20(13-11-19)17(21)24-18(3,4)5/h6-9,14,22H,10-13H2,1-5H3. The average Bonchev–Trinajstić information content (AvgIpc) is 2.46. The highest BCUT2D eigenvalue weighted by Gasteiger charge is 2.38. The summed E-state index contributed by atoms with van der Waals surface area (Å²) in [5, 5.41) is 11.1. The highest BCUT2D eigenvalue weighted by molar-refractivity contribution is 5.68. The Morgan fingerprint density at radius 3 is 2.33 bits per heavy atom. The van der Waals surface area contributed by atoms with Crippen molar-refractivity contribution >= 4 is 6.09 Å². The Morgan fingerprint density at radius 1 is 1.21 bits per heavy atom. The van der Waals surface area contributed by atoms with Gasteiger partial charge in [0.2, 0.25) is 0 Å². The Labute approximate surface area is 144 Å². The average molecular weight is 335 g/mol. The number of carbonyl (C=O) groups excluding carboxylic acids is 1. The number of aliphatic hydroxyl groups is 1. The molecular formula is C19H29NO4. The second-order valence-electron chi connectivity index (χ2n) is 7.66. The van der Waals surface area contributed by atoms with Crippen LogP contribution in [0, 0.1) is 0 Å². The SMILES string of the molecule is CC(C)Oc1ccccc1C1(O)CCN(C(=O)OC(C)(C)C)CC1. The van der Waals surface area contributed by atoms with E-state index in [4.69, 9.17) is 9.47 Å². The number of hydrogen-bond donors (Lipinski definition) is 1. The summed E-state index contributed by atoms with van der Waals surface area (Å²) >= 11 is 0. The number of amides is 1. The number of benzene rings is 1. The lowest BCUT2D eigenvalue weighted by Gasteiger charge is -2.39. The van der Waals surface area contributed by atoms with Crippen LogP contribution in [0.1, 0.15) is 53.0 Å². The van der Waals surface area contributed by atoms with E-state index >= 15 is 0 Å². The summed E-state index contributed by atoms with van der Waals surface area (Å²) < 4.78 is 11.2. The largest absolute Gasteiger partial charge is 0.491 e. The van der Waals surface area contributed by atoms with Gasteiger partial charge in [0.15, 0.2) is 0 Å². The van der Waals surface area contributed by atoms with Crippen LogP contribution in [-0.2, 0) is 10.3 Å². The van der Waals surface area contributed by atoms with Gasteiger partial charge in [-0.05, 0) is 53.5 Å². The van der Waals surface area contributed by atoms with Gasteiger partial charge >= 0.3 is 6.09 Å². The van der Waals surface area contributed by atoms with Crippen LogP contribution in [0.4, 0.5) is 4.79 Å². The summed E-state index contributed by atoms with van der Waals surface area (Å²) in [5.41, 5.74) is -0.700. The smallest absolute Gasteiger partial charge is 0.410 e. The topological polar surface area (TPSA) is 59.0 Å². The van der Waals surface area contributed by atoms with E-state index in [0.717, 1.165) is 5.56 Å². The molecule has 0 radical (unpaired) electrons. The summed E-state index contributed by atoms with van der Waals surface area (Å²) in [6.07, 6.45) is 0.642. The molecule has 134 valence electrons. The molecular weight excluding hydrogens is 306 g/mol. The molecule has 1 aromatic rings. The van der Waals surface area contributed by atoms with Crippen molar-refractivity contribution in [2.75, 3.05) is 13.1 Å². The van der Waals surface area contributed by atoms with Gasteiger partial charge in [0.1, 0.15) is 11.4 Å².